The fourth-order valence-corrected chi connectivity index (χ4v) is 3.29. The van der Waals surface area contributed by atoms with Crippen molar-refractivity contribution in [2.45, 2.75) is 44.7 Å². The lowest BCUT2D eigenvalue weighted by Crippen LogP contribution is -2.47. The van der Waals surface area contributed by atoms with Crippen LogP contribution in [0.3, 0.4) is 0 Å². The van der Waals surface area contributed by atoms with E-state index in [9.17, 15) is 9.59 Å². The van der Waals surface area contributed by atoms with E-state index in [0.29, 0.717) is 12.2 Å². The summed E-state index contributed by atoms with van der Waals surface area (Å²) < 4.78 is 0. The van der Waals surface area contributed by atoms with E-state index >= 15 is 0 Å². The number of carbonyl (C=O) groups excluding carboxylic acids is 2. The molecule has 0 spiro atoms. The molecule has 3 rings (SSSR count). The summed E-state index contributed by atoms with van der Waals surface area (Å²) in [6.45, 7) is 1.54. The lowest BCUT2D eigenvalue weighted by Gasteiger charge is -2.29. The van der Waals surface area contributed by atoms with Crippen molar-refractivity contribution >= 4 is 24.2 Å². The van der Waals surface area contributed by atoms with E-state index in [1.807, 2.05) is 0 Å². The number of nitrogens with zero attached hydrogens (tertiary/aromatic N) is 1. The van der Waals surface area contributed by atoms with Gasteiger partial charge in [-0.2, -0.15) is 5.10 Å². The lowest BCUT2D eigenvalue weighted by atomic mass is 9.84. The summed E-state index contributed by atoms with van der Waals surface area (Å²) >= 11 is 0. The molecular weight excluding hydrogens is 306 g/mol. The smallest absolute Gasteiger partial charge is 0.272 e. The summed E-state index contributed by atoms with van der Waals surface area (Å²) in [5, 5.41) is 13.3. The lowest BCUT2D eigenvalue weighted by molar-refractivity contribution is -0.123. The van der Waals surface area contributed by atoms with Gasteiger partial charge in [-0.05, 0) is 12.8 Å². The van der Waals surface area contributed by atoms with Crippen LogP contribution in [0.25, 0.3) is 0 Å². The third-order valence-corrected chi connectivity index (χ3v) is 4.47. The molecule has 1 aromatic rings. The van der Waals surface area contributed by atoms with Crippen LogP contribution in [-0.4, -0.2) is 34.6 Å². The van der Waals surface area contributed by atoms with Crippen molar-refractivity contribution in [3.63, 3.8) is 0 Å². The largest absolute Gasteiger partial charge is 0.369 e. The molecule has 1 aliphatic heterocycles. The van der Waals surface area contributed by atoms with Crippen LogP contribution in [0.4, 0.5) is 0 Å². The van der Waals surface area contributed by atoms with Crippen molar-refractivity contribution < 1.29 is 9.59 Å². The number of primary amides is 1. The standard InChI is InChI=1S/C14H21N5O2.ClH/c15-13(20)8-3-1-2-4-10(8)17-14(21)12-9-7-16-6-5-11(9)18-19-12;/h8,10,16H,1-7H2,(H2,15,20)(H,17,21)(H,18,19);1H. The molecule has 2 heterocycles. The minimum absolute atomic E-state index is 0. The van der Waals surface area contributed by atoms with E-state index in [2.05, 4.69) is 20.8 Å². The molecule has 1 fully saturated rings. The maximum Gasteiger partial charge on any atom is 0.272 e. The summed E-state index contributed by atoms with van der Waals surface area (Å²) in [6, 6.07) is -0.173. The van der Waals surface area contributed by atoms with Crippen LogP contribution in [0.5, 0.6) is 0 Å². The van der Waals surface area contributed by atoms with E-state index in [0.717, 1.165) is 49.9 Å². The van der Waals surface area contributed by atoms with Gasteiger partial charge in [-0.1, -0.05) is 12.8 Å². The van der Waals surface area contributed by atoms with Crippen LogP contribution in [0.1, 0.15) is 47.4 Å². The van der Waals surface area contributed by atoms with Crippen LogP contribution in [0.15, 0.2) is 0 Å². The van der Waals surface area contributed by atoms with E-state index in [1.54, 1.807) is 0 Å². The summed E-state index contributed by atoms with van der Waals surface area (Å²) in [7, 11) is 0. The van der Waals surface area contributed by atoms with Crippen LogP contribution in [0.2, 0.25) is 0 Å². The molecule has 22 heavy (non-hydrogen) atoms. The van der Waals surface area contributed by atoms with Crippen molar-refractivity contribution in [1.82, 2.24) is 20.8 Å². The van der Waals surface area contributed by atoms with Crippen molar-refractivity contribution in [3.05, 3.63) is 17.0 Å². The molecule has 7 nitrogen and oxygen atoms in total. The highest BCUT2D eigenvalue weighted by atomic mass is 35.5. The Hall–Kier alpha value is -1.60. The average molecular weight is 328 g/mol. The zero-order valence-corrected chi connectivity index (χ0v) is 13.2. The Labute approximate surface area is 135 Å². The third kappa shape index (κ3) is 3.25. The summed E-state index contributed by atoms with van der Waals surface area (Å²) in [5.41, 5.74) is 7.83. The van der Waals surface area contributed by atoms with Gasteiger partial charge in [0.15, 0.2) is 5.69 Å². The van der Waals surface area contributed by atoms with E-state index in [1.165, 1.54) is 0 Å². The molecule has 0 radical (unpaired) electrons. The second kappa shape index (κ2) is 7.11. The predicted octanol–water partition coefficient (Wildman–Crippen LogP) is 0.251. The van der Waals surface area contributed by atoms with Gasteiger partial charge >= 0.3 is 0 Å². The second-order valence-corrected chi connectivity index (χ2v) is 5.83. The van der Waals surface area contributed by atoms with Gasteiger partial charge in [0.2, 0.25) is 5.91 Å². The topological polar surface area (TPSA) is 113 Å². The number of nitrogens with two attached hydrogens (primary N) is 1. The van der Waals surface area contributed by atoms with Gasteiger partial charge in [0.1, 0.15) is 0 Å². The third-order valence-electron chi connectivity index (χ3n) is 4.47. The number of halogens is 1. The molecule has 2 unspecified atom stereocenters. The molecule has 2 aliphatic rings. The molecular formula is C14H22ClN5O2. The minimum atomic E-state index is -0.328. The van der Waals surface area contributed by atoms with Gasteiger partial charge in [-0.3, -0.25) is 14.7 Å². The van der Waals surface area contributed by atoms with Gasteiger partial charge < -0.3 is 16.4 Å². The first-order valence-corrected chi connectivity index (χ1v) is 7.54. The molecule has 0 bridgehead atoms. The number of H-pyrrole nitrogens is 1. The molecule has 2 atom stereocenters. The normalized spacial score (nSPS) is 24.0. The molecule has 1 saturated carbocycles. The average Bonchev–Trinajstić information content (AvgIpc) is 2.91. The first-order valence-electron chi connectivity index (χ1n) is 7.54. The molecule has 5 N–H and O–H groups in total. The molecule has 0 saturated heterocycles. The fourth-order valence-electron chi connectivity index (χ4n) is 3.29. The minimum Gasteiger partial charge on any atom is -0.369 e. The highest BCUT2D eigenvalue weighted by Crippen LogP contribution is 2.25. The van der Waals surface area contributed by atoms with Crippen LogP contribution in [0, 0.1) is 5.92 Å². The van der Waals surface area contributed by atoms with Crippen molar-refractivity contribution in [2.24, 2.45) is 11.7 Å². The second-order valence-electron chi connectivity index (χ2n) is 5.83. The van der Waals surface area contributed by atoms with Crippen molar-refractivity contribution in [2.75, 3.05) is 6.54 Å². The highest BCUT2D eigenvalue weighted by molar-refractivity contribution is 5.94. The first kappa shape index (κ1) is 16.8. The first-order chi connectivity index (χ1) is 10.2. The Morgan fingerprint density at radius 1 is 1.27 bits per heavy atom. The predicted molar refractivity (Wildman–Crippen MR) is 83.7 cm³/mol. The number of rotatable bonds is 3. The molecule has 0 aromatic carbocycles. The quantitative estimate of drug-likeness (QED) is 0.637. The Morgan fingerprint density at radius 2 is 2.05 bits per heavy atom. The Morgan fingerprint density at radius 3 is 2.82 bits per heavy atom. The zero-order valence-electron chi connectivity index (χ0n) is 12.4. The van der Waals surface area contributed by atoms with Gasteiger partial charge in [0.05, 0.1) is 5.92 Å². The monoisotopic (exact) mass is 327 g/mol. The molecule has 122 valence electrons. The Kier molecular flexibility index (Phi) is 5.42. The number of hydrogen-bond donors (Lipinski definition) is 4. The summed E-state index contributed by atoms with van der Waals surface area (Å²) in [6.07, 6.45) is 4.39. The van der Waals surface area contributed by atoms with Gasteiger partial charge in [0, 0.05) is 36.8 Å². The van der Waals surface area contributed by atoms with E-state index in [-0.39, 0.29) is 36.2 Å². The number of hydrogen-bond acceptors (Lipinski definition) is 4. The number of amides is 2. The zero-order chi connectivity index (χ0) is 14.8. The van der Waals surface area contributed by atoms with E-state index < -0.39 is 0 Å². The summed E-state index contributed by atoms with van der Waals surface area (Å²) in [4.78, 5) is 23.9. The molecule has 1 aliphatic carbocycles. The number of aromatic amines is 1. The molecule has 1 aromatic heterocycles. The number of carbonyl (C=O) groups is 2. The van der Waals surface area contributed by atoms with Gasteiger partial charge in [0.25, 0.3) is 5.91 Å². The van der Waals surface area contributed by atoms with Crippen LogP contribution in [-0.2, 0) is 17.8 Å². The Bertz CT molecular complexity index is 559. The highest BCUT2D eigenvalue weighted by Gasteiger charge is 2.32. The summed E-state index contributed by atoms with van der Waals surface area (Å²) in [5.74, 6) is -0.810. The molecule has 8 heteroatoms. The number of aromatic nitrogens is 2. The number of nitrogens with one attached hydrogen (secondary N) is 3. The fraction of sp³-hybridized carbons (Fsp3) is 0.643. The maximum atomic E-state index is 12.4. The SMILES string of the molecule is Cl.NC(=O)C1CCCCC1NC(=O)c1n[nH]c2c1CNCC2. The van der Waals surface area contributed by atoms with Crippen LogP contribution >= 0.6 is 12.4 Å². The molecule has 2 amide bonds. The number of fused-ring (bicyclic) bond motifs is 1. The van der Waals surface area contributed by atoms with E-state index in [4.69, 9.17) is 5.73 Å². The Balaban J connectivity index is 0.00000176. The van der Waals surface area contributed by atoms with Crippen molar-refractivity contribution in [3.8, 4) is 0 Å². The van der Waals surface area contributed by atoms with Crippen molar-refractivity contribution in [1.29, 1.82) is 0 Å². The maximum absolute atomic E-state index is 12.4. The van der Waals surface area contributed by atoms with Gasteiger partial charge in [-0.25, -0.2) is 0 Å². The van der Waals surface area contributed by atoms with Crippen LogP contribution < -0.4 is 16.4 Å². The van der Waals surface area contributed by atoms with Gasteiger partial charge in [-0.15, -0.1) is 12.4 Å².